The predicted octanol–water partition coefficient (Wildman–Crippen LogP) is 0.812. The number of thiocarbonyl (C=S) groups is 1. The van der Waals surface area contributed by atoms with Gasteiger partial charge in [0, 0.05) is 31.8 Å². The van der Waals surface area contributed by atoms with E-state index in [0.29, 0.717) is 37.1 Å². The summed E-state index contributed by atoms with van der Waals surface area (Å²) in [5.74, 6) is 0.0238. The molecule has 3 aliphatic heterocycles. The average molecular weight is 311 g/mol. The number of carbonyl (C=O) groups is 1. The van der Waals surface area contributed by atoms with Gasteiger partial charge in [0.1, 0.15) is 5.41 Å². The fourth-order valence-corrected chi connectivity index (χ4v) is 4.32. The highest BCUT2D eigenvalue weighted by Crippen LogP contribution is 2.33. The lowest BCUT2D eigenvalue weighted by Gasteiger charge is -2.37. The van der Waals surface area contributed by atoms with Gasteiger partial charge >= 0.3 is 0 Å². The lowest BCUT2D eigenvalue weighted by atomic mass is 9.78. The molecule has 118 valence electrons. The maximum absolute atomic E-state index is 12.8. The van der Waals surface area contributed by atoms with Crippen LogP contribution in [-0.2, 0) is 9.53 Å². The largest absolute Gasteiger partial charge is 0.392 e. The number of nitrogens with one attached hydrogen (secondary N) is 1. The number of nitrogens with two attached hydrogens (primary N) is 1. The van der Waals surface area contributed by atoms with Crippen molar-refractivity contribution in [3.63, 3.8) is 0 Å². The number of carbonyl (C=O) groups excluding carboxylic acids is 1. The highest BCUT2D eigenvalue weighted by Gasteiger charge is 2.45. The standard InChI is InChI=1S/C15H25N3O2S/c16-13(21)15(5-9-20-10-6-15)14(19)17-11-4-8-18-7-2-1-3-12(11)18/h11-12H,1-10H2,(H2,16,21)(H,17,19). The van der Waals surface area contributed by atoms with Gasteiger partial charge in [0.05, 0.1) is 4.99 Å². The molecule has 1 amide bonds. The van der Waals surface area contributed by atoms with E-state index in [-0.39, 0.29) is 11.9 Å². The lowest BCUT2D eigenvalue weighted by molar-refractivity contribution is -0.132. The zero-order chi connectivity index (χ0) is 14.9. The second kappa shape index (κ2) is 6.18. The lowest BCUT2D eigenvalue weighted by Crippen LogP contribution is -2.56. The molecule has 0 aliphatic carbocycles. The number of amides is 1. The molecule has 21 heavy (non-hydrogen) atoms. The minimum absolute atomic E-state index is 0.0238. The maximum Gasteiger partial charge on any atom is 0.233 e. The summed E-state index contributed by atoms with van der Waals surface area (Å²) in [5, 5.41) is 3.27. The molecule has 0 radical (unpaired) electrons. The third-order valence-corrected chi connectivity index (χ3v) is 5.82. The van der Waals surface area contributed by atoms with Crippen LogP contribution in [0.4, 0.5) is 0 Å². The minimum atomic E-state index is -0.699. The molecular weight excluding hydrogens is 286 g/mol. The van der Waals surface area contributed by atoms with E-state index in [9.17, 15) is 4.79 Å². The molecule has 3 heterocycles. The van der Waals surface area contributed by atoms with Crippen molar-refractivity contribution in [1.82, 2.24) is 10.2 Å². The molecule has 3 N–H and O–H groups in total. The first kappa shape index (κ1) is 15.2. The molecule has 3 fully saturated rings. The van der Waals surface area contributed by atoms with E-state index < -0.39 is 5.41 Å². The smallest absolute Gasteiger partial charge is 0.233 e. The summed E-state index contributed by atoms with van der Waals surface area (Å²) in [5.41, 5.74) is 5.22. The topological polar surface area (TPSA) is 67.6 Å². The van der Waals surface area contributed by atoms with Crippen LogP contribution in [0, 0.1) is 5.41 Å². The van der Waals surface area contributed by atoms with E-state index in [1.165, 1.54) is 25.8 Å². The number of hydrogen-bond acceptors (Lipinski definition) is 4. The first-order chi connectivity index (χ1) is 10.1. The summed E-state index contributed by atoms with van der Waals surface area (Å²) in [6.45, 7) is 3.39. The molecule has 2 atom stereocenters. The summed E-state index contributed by atoms with van der Waals surface area (Å²) < 4.78 is 5.38. The van der Waals surface area contributed by atoms with Crippen molar-refractivity contribution in [2.45, 2.75) is 50.6 Å². The van der Waals surface area contributed by atoms with Crippen molar-refractivity contribution in [1.29, 1.82) is 0 Å². The van der Waals surface area contributed by atoms with E-state index in [4.69, 9.17) is 22.7 Å². The van der Waals surface area contributed by atoms with Crippen LogP contribution in [0.5, 0.6) is 0 Å². The second-order valence-electron chi connectivity index (χ2n) is 6.53. The average Bonchev–Trinajstić information content (AvgIpc) is 2.91. The van der Waals surface area contributed by atoms with Gasteiger partial charge in [-0.15, -0.1) is 0 Å². The van der Waals surface area contributed by atoms with Gasteiger partial charge in [-0.2, -0.15) is 0 Å². The summed E-state index contributed by atoms with van der Waals surface area (Å²) >= 11 is 5.21. The normalized spacial score (nSPS) is 32.4. The number of ether oxygens (including phenoxy) is 1. The molecule has 3 aliphatic rings. The third kappa shape index (κ3) is 2.81. The molecule has 3 rings (SSSR count). The molecule has 0 aromatic rings. The van der Waals surface area contributed by atoms with Gasteiger partial charge in [0.2, 0.25) is 5.91 Å². The number of nitrogens with zero attached hydrogens (tertiary/aromatic N) is 1. The van der Waals surface area contributed by atoms with E-state index in [2.05, 4.69) is 10.2 Å². The third-order valence-electron chi connectivity index (χ3n) is 5.43. The molecule has 2 unspecified atom stereocenters. The fourth-order valence-electron chi connectivity index (χ4n) is 4.03. The molecule has 0 aromatic heterocycles. The Morgan fingerprint density at radius 3 is 2.71 bits per heavy atom. The second-order valence-corrected chi connectivity index (χ2v) is 6.97. The van der Waals surface area contributed by atoms with Crippen molar-refractivity contribution in [2.24, 2.45) is 11.1 Å². The molecule has 5 nitrogen and oxygen atoms in total. The number of fused-ring (bicyclic) bond motifs is 1. The molecular formula is C15H25N3O2S. The van der Waals surface area contributed by atoms with Gasteiger partial charge in [-0.25, -0.2) is 0 Å². The van der Waals surface area contributed by atoms with Crippen LogP contribution < -0.4 is 11.1 Å². The fraction of sp³-hybridized carbons (Fsp3) is 0.867. The molecule has 0 aromatic carbocycles. The Bertz CT molecular complexity index is 423. The van der Waals surface area contributed by atoms with Gasteiger partial charge in [0.25, 0.3) is 0 Å². The molecule has 0 saturated carbocycles. The molecule has 6 heteroatoms. The maximum atomic E-state index is 12.8. The molecule has 0 bridgehead atoms. The van der Waals surface area contributed by atoms with E-state index >= 15 is 0 Å². The van der Waals surface area contributed by atoms with Crippen LogP contribution in [0.1, 0.15) is 38.5 Å². The van der Waals surface area contributed by atoms with E-state index in [1.807, 2.05) is 0 Å². The highest BCUT2D eigenvalue weighted by molar-refractivity contribution is 7.80. The highest BCUT2D eigenvalue weighted by atomic mass is 32.1. The van der Waals surface area contributed by atoms with Gasteiger partial charge in [0.15, 0.2) is 0 Å². The summed E-state index contributed by atoms with van der Waals surface area (Å²) in [6, 6.07) is 0.762. The number of piperidine rings is 1. The zero-order valence-electron chi connectivity index (χ0n) is 12.5. The van der Waals surface area contributed by atoms with Gasteiger partial charge in [-0.05, 0) is 38.6 Å². The first-order valence-electron chi connectivity index (χ1n) is 8.06. The molecule has 3 saturated heterocycles. The van der Waals surface area contributed by atoms with Crippen molar-refractivity contribution in [3.8, 4) is 0 Å². The van der Waals surface area contributed by atoms with Crippen LogP contribution in [0.25, 0.3) is 0 Å². The summed E-state index contributed by atoms with van der Waals surface area (Å²) in [4.78, 5) is 15.7. The monoisotopic (exact) mass is 311 g/mol. The Balaban J connectivity index is 1.68. The summed E-state index contributed by atoms with van der Waals surface area (Å²) in [6.07, 6.45) is 5.99. The van der Waals surface area contributed by atoms with Crippen LogP contribution in [-0.4, -0.2) is 54.2 Å². The Kier molecular flexibility index (Phi) is 4.47. The Hall–Kier alpha value is -0.720. The minimum Gasteiger partial charge on any atom is -0.392 e. The number of hydrogen-bond donors (Lipinski definition) is 2. The Labute approximate surface area is 131 Å². The Morgan fingerprint density at radius 2 is 2.00 bits per heavy atom. The molecule has 0 spiro atoms. The van der Waals surface area contributed by atoms with Gasteiger partial charge < -0.3 is 15.8 Å². The van der Waals surface area contributed by atoms with Crippen LogP contribution in [0.2, 0.25) is 0 Å². The SMILES string of the molecule is NC(=S)C1(C(=O)NC2CCN3CCCCC23)CCOCC1. The summed E-state index contributed by atoms with van der Waals surface area (Å²) in [7, 11) is 0. The van der Waals surface area contributed by atoms with Crippen LogP contribution in [0.3, 0.4) is 0 Å². The first-order valence-corrected chi connectivity index (χ1v) is 8.47. The van der Waals surface area contributed by atoms with Gasteiger partial charge in [-0.1, -0.05) is 18.6 Å². The van der Waals surface area contributed by atoms with Gasteiger partial charge in [-0.3, -0.25) is 9.69 Å². The van der Waals surface area contributed by atoms with Crippen LogP contribution in [0.15, 0.2) is 0 Å². The van der Waals surface area contributed by atoms with Crippen molar-refractivity contribution >= 4 is 23.1 Å². The quantitative estimate of drug-likeness (QED) is 0.755. The van der Waals surface area contributed by atoms with Crippen molar-refractivity contribution < 1.29 is 9.53 Å². The zero-order valence-corrected chi connectivity index (χ0v) is 13.3. The Morgan fingerprint density at radius 1 is 1.24 bits per heavy atom. The van der Waals surface area contributed by atoms with E-state index in [1.54, 1.807) is 0 Å². The van der Waals surface area contributed by atoms with E-state index in [0.717, 1.165) is 13.0 Å². The predicted molar refractivity (Wildman–Crippen MR) is 85.0 cm³/mol. The van der Waals surface area contributed by atoms with Crippen molar-refractivity contribution in [3.05, 3.63) is 0 Å². The van der Waals surface area contributed by atoms with Crippen LogP contribution >= 0.6 is 12.2 Å². The van der Waals surface area contributed by atoms with Crippen molar-refractivity contribution in [2.75, 3.05) is 26.3 Å². The number of rotatable bonds is 3.